The van der Waals surface area contributed by atoms with E-state index in [4.69, 9.17) is 81.7 Å². The lowest BCUT2D eigenvalue weighted by Gasteiger charge is -2.32. The van der Waals surface area contributed by atoms with Crippen molar-refractivity contribution in [1.29, 1.82) is 0 Å². The molecule has 38 nitrogen and oxygen atoms in total. The van der Waals surface area contributed by atoms with Gasteiger partial charge < -0.3 is 86.3 Å². The molecule has 123 heavy (non-hydrogen) atoms. The van der Waals surface area contributed by atoms with Crippen molar-refractivity contribution >= 4 is 129 Å². The number of halogens is 1. The maximum absolute atomic E-state index is 12.3. The summed E-state index contributed by atoms with van der Waals surface area (Å²) in [5.41, 5.74) is 32.1. The Balaban J connectivity index is -0.00000135. The van der Waals surface area contributed by atoms with E-state index in [0.29, 0.717) is 61.5 Å². The summed E-state index contributed by atoms with van der Waals surface area (Å²) in [6, 6.07) is 24.6. The number of hydrogen-bond donors (Lipinski definition) is 7. The molecule has 0 aliphatic heterocycles. The molecular weight excluding hydrogens is 1670 g/mol. The fourth-order valence-corrected chi connectivity index (χ4v) is 9.82. The fourth-order valence-electron chi connectivity index (χ4n) is 9.59. The molecule has 7 rings (SSSR count). The van der Waals surface area contributed by atoms with Crippen LogP contribution >= 0.6 is 15.9 Å². The summed E-state index contributed by atoms with van der Waals surface area (Å²) in [5, 5.41) is 17.7. The zero-order chi connectivity index (χ0) is 93.8. The summed E-state index contributed by atoms with van der Waals surface area (Å²) in [7, 11) is 8.79. The summed E-state index contributed by atoms with van der Waals surface area (Å²) in [6.07, 6.45) is 20.4. The summed E-state index contributed by atoms with van der Waals surface area (Å²) >= 11 is 3.23. The summed E-state index contributed by atoms with van der Waals surface area (Å²) in [6.45, 7) is 16.8. The van der Waals surface area contributed by atoms with Gasteiger partial charge in [0.15, 0.2) is 5.41 Å². The first kappa shape index (κ1) is 113. The van der Waals surface area contributed by atoms with Crippen LogP contribution in [0.5, 0.6) is 0 Å². The van der Waals surface area contributed by atoms with Gasteiger partial charge in [0.25, 0.3) is 0 Å². The van der Waals surface area contributed by atoms with Crippen LogP contribution in [0.15, 0.2) is 158 Å². The van der Waals surface area contributed by atoms with Crippen molar-refractivity contribution in [3.8, 4) is 0 Å². The van der Waals surface area contributed by atoms with Crippen molar-refractivity contribution in [3.05, 3.63) is 202 Å². The van der Waals surface area contributed by atoms with Gasteiger partial charge in [-0.1, -0.05) is 43.8 Å². The van der Waals surface area contributed by atoms with Gasteiger partial charge in [-0.15, -0.1) is 0 Å². The normalized spacial score (nSPS) is 10.6. The van der Waals surface area contributed by atoms with Gasteiger partial charge in [0, 0.05) is 108 Å². The van der Waals surface area contributed by atoms with Crippen molar-refractivity contribution in [2.24, 2.45) is 11.3 Å². The molecule has 39 heteroatoms. The molecule has 7 aromatic rings. The third kappa shape index (κ3) is 50.6. The van der Waals surface area contributed by atoms with Gasteiger partial charge in [-0.25, -0.2) is 39.3 Å². The number of pyridine rings is 7. The van der Waals surface area contributed by atoms with Crippen LogP contribution in [0.1, 0.15) is 142 Å². The molecule has 0 spiro atoms. The van der Waals surface area contributed by atoms with E-state index < -0.39 is 35.2 Å². The number of carbonyl (C=O) groups excluding carboxylic acids is 14. The van der Waals surface area contributed by atoms with Crippen LogP contribution in [0, 0.1) is 25.2 Å². The van der Waals surface area contributed by atoms with Gasteiger partial charge in [-0.2, -0.15) is 19.2 Å². The van der Waals surface area contributed by atoms with E-state index in [9.17, 15) is 47.9 Å². The van der Waals surface area contributed by atoms with Crippen molar-refractivity contribution in [3.63, 3.8) is 0 Å². The number of aliphatic hydroxyl groups excluding tert-OH is 2. The van der Waals surface area contributed by atoms with Crippen LogP contribution < -0.4 is 28.7 Å². The first-order valence-corrected chi connectivity index (χ1v) is 37.6. The zero-order valence-corrected chi connectivity index (χ0v) is 72.6. The molecule has 0 bridgehead atoms. The molecule has 0 fully saturated rings. The van der Waals surface area contributed by atoms with Crippen molar-refractivity contribution in [2.45, 2.75) is 111 Å². The topological polar surface area (TPSA) is 592 Å². The molecule has 7 aromatic heterocycles. The Hall–Kier alpha value is -13.9. The molecule has 0 aliphatic rings. The number of ether oxygens (including phenoxy) is 10. The Bertz CT molecular complexity index is 4240. The van der Waals surface area contributed by atoms with Crippen LogP contribution in [-0.4, -0.2) is 200 Å². The van der Waals surface area contributed by atoms with E-state index in [2.05, 4.69) is 81.1 Å². The predicted molar refractivity (Wildman–Crippen MR) is 451 cm³/mol. The van der Waals surface area contributed by atoms with Gasteiger partial charge in [-0.3, -0.25) is 43.5 Å². The van der Waals surface area contributed by atoms with E-state index in [0.717, 1.165) is 64.0 Å². The molecule has 12 N–H and O–H groups in total. The van der Waals surface area contributed by atoms with E-state index in [-0.39, 0.29) is 117 Å². The third-order valence-electron chi connectivity index (χ3n) is 16.0. The Morgan fingerprint density at radius 3 is 1.08 bits per heavy atom. The molecule has 0 radical (unpaired) electrons. The maximum Gasteiger partial charge on any atom is 0.373 e. The number of anilines is 5. The van der Waals surface area contributed by atoms with Crippen LogP contribution in [0.4, 0.5) is 29.1 Å². The monoisotopic (exact) mass is 1780 g/mol. The largest absolute Gasteiger partial charge is 0.469 e. The average Bonchev–Trinajstić information content (AvgIpc) is 0.774. The zero-order valence-electron chi connectivity index (χ0n) is 71.0. The second kappa shape index (κ2) is 68.0. The molecule has 0 amide bonds. The Labute approximate surface area is 721 Å². The SMILES string of the molecule is C=CC(=O)OCC.CCOC(=O)/C=C/c1ccc(C)nc1.CCOC(=O)/C=C/c1ccc(N)nc1.COC(=O)CC(CC(=O)OC)c1ccc(N)nc1.COC(=O)CC(c1ccc(C)nc1)C(C)C(=O)OC.COC(=O)CC(c1ccc(N)nc1)C(C)(C(=O)OC)C(=O)OC.Nc1ccc(Br)cn1.Nc1ccc(C(CCO)CCO)cn1.O=C=O.O=C=O. The highest BCUT2D eigenvalue weighted by Crippen LogP contribution is 2.41. The molecular formula is C84H109BrN12O26. The minimum Gasteiger partial charge on any atom is -0.469 e. The first-order valence-electron chi connectivity index (χ1n) is 36.8. The highest BCUT2D eigenvalue weighted by molar-refractivity contribution is 9.10. The van der Waals surface area contributed by atoms with Gasteiger partial charge in [0.1, 0.15) is 29.1 Å². The quantitative estimate of drug-likeness (QED) is 0.0101. The minimum absolute atomic E-state index is 0.0944. The number of nitrogens with two attached hydrogens (primary N) is 5. The van der Waals surface area contributed by atoms with E-state index >= 15 is 0 Å². The predicted octanol–water partition coefficient (Wildman–Crippen LogP) is 8.10. The maximum atomic E-state index is 12.3. The van der Waals surface area contributed by atoms with Crippen LogP contribution in [0.2, 0.25) is 0 Å². The second-order valence-corrected chi connectivity index (χ2v) is 25.3. The van der Waals surface area contributed by atoms with Crippen molar-refractivity contribution < 1.29 is 125 Å². The Morgan fingerprint density at radius 1 is 0.439 bits per heavy atom. The van der Waals surface area contributed by atoms with Gasteiger partial charge in [-0.05, 0) is 176 Å². The molecule has 7 heterocycles. The number of nitrogens with zero attached hydrogens (tertiary/aromatic N) is 7. The van der Waals surface area contributed by atoms with Crippen LogP contribution in [0.3, 0.4) is 0 Å². The number of rotatable bonds is 29. The average molecular weight is 1780 g/mol. The Morgan fingerprint density at radius 2 is 0.772 bits per heavy atom. The third-order valence-corrected chi connectivity index (χ3v) is 16.5. The molecule has 668 valence electrons. The summed E-state index contributed by atoms with van der Waals surface area (Å²) < 4.78 is 47.6. The first-order chi connectivity index (χ1) is 58.5. The second-order valence-electron chi connectivity index (χ2n) is 24.4. The number of esters is 10. The summed E-state index contributed by atoms with van der Waals surface area (Å²) in [5.74, 6) is -4.40. The number of nitrogen functional groups attached to an aromatic ring is 5. The van der Waals surface area contributed by atoms with Crippen LogP contribution in [0.25, 0.3) is 12.2 Å². The minimum atomic E-state index is -1.74. The van der Waals surface area contributed by atoms with Crippen LogP contribution in [-0.2, 0) is 114 Å². The number of carbonyl (C=O) groups is 10. The highest BCUT2D eigenvalue weighted by atomic mass is 79.9. The van der Waals surface area contributed by atoms with E-state index in [1.807, 2.05) is 50.2 Å². The van der Waals surface area contributed by atoms with Gasteiger partial charge in [0.2, 0.25) is 0 Å². The molecule has 0 aliphatic carbocycles. The lowest BCUT2D eigenvalue weighted by molar-refractivity contribution is -0.193. The van der Waals surface area contributed by atoms with Crippen molar-refractivity contribution in [2.75, 3.05) is 111 Å². The van der Waals surface area contributed by atoms with E-state index in [1.54, 1.807) is 119 Å². The summed E-state index contributed by atoms with van der Waals surface area (Å²) in [4.78, 5) is 174. The standard InChI is InChI=1S/C15H20N2O6.C14H19NO4.C12H16N2O4.C11H13NO2.C10H16N2O2.C10H12N2O2.C5H5BrN2.C5H8O2.2CO2/c1-15(13(19)22-3,14(20)23-4)10(7-12(18)21-2)9-5-6-11(16)17-8-9;1-9-5-6-11(8-15-9)12(7-13(16)18-3)10(2)14(17)19-4;1-17-11(15)5-9(6-12(16)18-2)8-3-4-10(13)14-7-8;1-3-14-11(13)7-6-10-5-4-9(2)12-8-10;11-10-2-1-9(7-12-10)8(3-5-13)4-6-14;1-2-14-10(13)6-4-8-3-5-9(11)12-7-8;6-4-1-2-5(7)8-3-4;1-3-5(6)7-4-2;2*2-1-3/h5-6,8,10H,7H2,1-4H3,(H2,16,17);5-6,8,10,12H,7H2,1-4H3;3-4,7,9H,5-6H2,1-2H3,(H2,13,14);4-8H,3H2,1-2H3;1-2,7-8,13-14H,3-6H2,(H2,11,12);3-7H,2H2,1H3,(H2,11,12);1-3H,(H2,7,8);3H,1,4H2,2H3;;/b;;;7-6+;;6-4+;;;;. The lowest BCUT2D eigenvalue weighted by Crippen LogP contribution is -2.44. The number of aromatic nitrogens is 7. The number of hydrogen-bond acceptors (Lipinski definition) is 38. The van der Waals surface area contributed by atoms with Gasteiger partial charge >= 0.3 is 72.0 Å². The Kier molecular flexibility index (Phi) is 62.6. The van der Waals surface area contributed by atoms with Gasteiger partial charge in [0.05, 0.1) is 101 Å². The van der Waals surface area contributed by atoms with Crippen molar-refractivity contribution in [1.82, 2.24) is 34.9 Å². The smallest absolute Gasteiger partial charge is 0.373 e. The molecule has 0 aromatic carbocycles. The lowest BCUT2D eigenvalue weighted by atomic mass is 9.72. The number of methoxy groups -OCH3 is 7. The number of aryl methyl sites for hydroxylation is 2. The molecule has 3 unspecified atom stereocenters. The highest BCUT2D eigenvalue weighted by Gasteiger charge is 2.52. The molecule has 0 saturated heterocycles. The fraction of sp³-hybridized carbons (Fsp3) is 0.369. The van der Waals surface area contributed by atoms with E-state index in [1.165, 1.54) is 66.9 Å². The molecule has 3 atom stereocenters. The molecule has 0 saturated carbocycles. The number of aliphatic hydroxyl groups is 2.